The lowest BCUT2D eigenvalue weighted by Gasteiger charge is -2.38. The van der Waals surface area contributed by atoms with Crippen LogP contribution < -0.4 is 18.9 Å². The average Bonchev–Trinajstić information content (AvgIpc) is 3.79. The van der Waals surface area contributed by atoms with E-state index in [-0.39, 0.29) is 55.5 Å². The highest BCUT2D eigenvalue weighted by molar-refractivity contribution is 6.32. The predicted octanol–water partition coefficient (Wildman–Crippen LogP) is 17.6. The maximum atomic E-state index is 15.1. The topological polar surface area (TPSA) is 108 Å². The molecular weight excluding hydrogens is 1020 g/mol. The second-order valence-corrected chi connectivity index (χ2v) is 18.1. The Balaban J connectivity index is 0.935. The number of nitriles is 3. The third-order valence-electron chi connectivity index (χ3n) is 13.1. The maximum absolute atomic E-state index is 15.1. The molecule has 0 saturated heterocycles. The molecule has 372 valence electrons. The Kier molecular flexibility index (Phi) is 13.2. The summed E-state index contributed by atoms with van der Waals surface area (Å²) in [5.41, 5.74) is -1.66. The first-order valence-corrected chi connectivity index (χ1v) is 23.7. The molecule has 0 spiro atoms. The Labute approximate surface area is 441 Å². The molecule has 10 rings (SSSR count). The van der Waals surface area contributed by atoms with E-state index < -0.39 is 34.3 Å². The summed E-state index contributed by atoms with van der Waals surface area (Å²) in [5.74, 6) is 0.755. The van der Waals surface area contributed by atoms with Gasteiger partial charge in [-0.05, 0) is 129 Å². The summed E-state index contributed by atoms with van der Waals surface area (Å²) in [5, 5.41) is 29.9. The van der Waals surface area contributed by atoms with Gasteiger partial charge in [0.15, 0.2) is 0 Å². The van der Waals surface area contributed by atoms with Crippen LogP contribution in [-0.2, 0) is 10.8 Å². The van der Waals surface area contributed by atoms with Crippen molar-refractivity contribution in [1.82, 2.24) is 0 Å². The molecule has 1 aliphatic carbocycles. The van der Waals surface area contributed by atoms with E-state index in [4.69, 9.17) is 42.1 Å². The lowest BCUT2D eigenvalue weighted by atomic mass is 9.68. The van der Waals surface area contributed by atoms with Crippen LogP contribution >= 0.6 is 23.2 Å². The van der Waals surface area contributed by atoms with Crippen LogP contribution in [0.4, 0.5) is 26.3 Å². The van der Waals surface area contributed by atoms with Crippen molar-refractivity contribution in [2.24, 2.45) is 0 Å². The van der Waals surface area contributed by atoms with E-state index in [9.17, 15) is 15.8 Å². The molecule has 0 fully saturated rings. The quantitative estimate of drug-likeness (QED) is 0.112. The molecule has 76 heavy (non-hydrogen) atoms. The highest BCUT2D eigenvalue weighted by Crippen LogP contribution is 2.58. The minimum atomic E-state index is -5.90. The van der Waals surface area contributed by atoms with Gasteiger partial charge in [-0.3, -0.25) is 0 Å². The molecule has 0 atom stereocenters. The van der Waals surface area contributed by atoms with E-state index in [2.05, 4.69) is 36.4 Å². The van der Waals surface area contributed by atoms with E-state index in [1.54, 1.807) is 30.3 Å². The van der Waals surface area contributed by atoms with Crippen molar-refractivity contribution in [3.63, 3.8) is 0 Å². The Hall–Kier alpha value is -9.19. The van der Waals surface area contributed by atoms with Gasteiger partial charge in [0.25, 0.3) is 0 Å². The van der Waals surface area contributed by atoms with Crippen LogP contribution in [0, 0.1) is 34.0 Å². The van der Waals surface area contributed by atoms with Crippen molar-refractivity contribution in [2.75, 3.05) is 0 Å². The largest absolute Gasteiger partial charge is 0.456 e. The molecule has 0 heterocycles. The smallest absolute Gasteiger partial charge is 0.411 e. The summed E-state index contributed by atoms with van der Waals surface area (Å²) >= 11 is 12.3. The number of nitrogens with zero attached hydrogens (tertiary/aromatic N) is 3. The minimum Gasteiger partial charge on any atom is -0.456 e. The van der Waals surface area contributed by atoms with Crippen molar-refractivity contribution >= 4 is 23.2 Å². The van der Waals surface area contributed by atoms with Gasteiger partial charge in [0.2, 0.25) is 5.41 Å². The molecule has 9 aromatic rings. The Morgan fingerprint density at radius 3 is 0.987 bits per heavy atom. The third kappa shape index (κ3) is 8.64. The van der Waals surface area contributed by atoms with Crippen LogP contribution in [0.3, 0.4) is 0 Å². The molecule has 15 heteroatoms. The number of ether oxygens (including phenoxy) is 4. The monoisotopic (exact) mass is 1060 g/mol. The summed E-state index contributed by atoms with van der Waals surface area (Å²) in [6.07, 6.45) is -11.8. The first-order valence-electron chi connectivity index (χ1n) is 23.0. The molecule has 1 aliphatic rings. The first kappa shape index (κ1) is 50.3. The fraction of sp³-hybridized carbons (Fsp3) is 0.0656. The predicted molar refractivity (Wildman–Crippen MR) is 273 cm³/mol. The lowest BCUT2D eigenvalue weighted by molar-refractivity contribution is -0.288. The average molecular weight is 1060 g/mol. The highest BCUT2D eigenvalue weighted by atomic mass is 35.5. The summed E-state index contributed by atoms with van der Waals surface area (Å²) in [6.45, 7) is 0. The molecule has 0 saturated carbocycles. The van der Waals surface area contributed by atoms with Gasteiger partial charge in [-0.2, -0.15) is 42.1 Å². The Morgan fingerprint density at radius 2 is 0.658 bits per heavy atom. The molecule has 9 aromatic carbocycles. The van der Waals surface area contributed by atoms with E-state index >= 15 is 26.3 Å². The SMILES string of the molecule is N#Cc1c(Cl)cccc1Oc1ccc(C2(c3ccc(Oc4cccc(Oc5ccc(C(c6ccc(Oc7cccc(Cl)c7C#N)cc6)(C(F)(F)F)C(F)(F)F)cc5)c4C#N)cc3)c3ccccc3-c3ccccc32)cc1. The number of hydrogen-bond acceptors (Lipinski definition) is 7. The van der Waals surface area contributed by atoms with Crippen molar-refractivity contribution in [3.8, 4) is 75.3 Å². The third-order valence-corrected chi connectivity index (χ3v) is 13.8. The van der Waals surface area contributed by atoms with Crippen molar-refractivity contribution < 1.29 is 45.3 Å². The van der Waals surface area contributed by atoms with Crippen LogP contribution in [0.5, 0.6) is 46.0 Å². The molecule has 0 aromatic heterocycles. The Morgan fingerprint density at radius 1 is 0.355 bits per heavy atom. The van der Waals surface area contributed by atoms with Crippen LogP contribution in [-0.4, -0.2) is 12.4 Å². The zero-order chi connectivity index (χ0) is 53.4. The van der Waals surface area contributed by atoms with Gasteiger partial charge in [0.05, 0.1) is 15.5 Å². The summed E-state index contributed by atoms with van der Waals surface area (Å²) in [4.78, 5) is 0. The number of hydrogen-bond donors (Lipinski definition) is 0. The second kappa shape index (κ2) is 19.9. The number of alkyl halides is 6. The Bertz CT molecular complexity index is 3750. The fourth-order valence-corrected chi connectivity index (χ4v) is 10.2. The molecule has 0 aliphatic heterocycles. The highest BCUT2D eigenvalue weighted by Gasteiger charge is 2.72. The lowest BCUT2D eigenvalue weighted by Crippen LogP contribution is -2.54. The van der Waals surface area contributed by atoms with Gasteiger partial charge in [0, 0.05) is 0 Å². The van der Waals surface area contributed by atoms with E-state index in [0.29, 0.717) is 41.5 Å². The fourth-order valence-electron chi connectivity index (χ4n) is 9.79. The van der Waals surface area contributed by atoms with Crippen LogP contribution in [0.1, 0.15) is 50.1 Å². The van der Waals surface area contributed by atoms with Crippen molar-refractivity contribution in [3.05, 3.63) is 260 Å². The summed E-state index contributed by atoms with van der Waals surface area (Å²) in [6, 6.07) is 57.4. The van der Waals surface area contributed by atoms with Crippen LogP contribution in [0.25, 0.3) is 11.1 Å². The van der Waals surface area contributed by atoms with Crippen molar-refractivity contribution in [1.29, 1.82) is 15.8 Å². The van der Waals surface area contributed by atoms with E-state index in [0.717, 1.165) is 57.6 Å². The molecule has 0 amide bonds. The van der Waals surface area contributed by atoms with Crippen LogP contribution in [0.15, 0.2) is 200 Å². The standard InChI is InChI=1S/C61H33Cl2F6N3O4/c62-52-12-5-14-54(47(52)34-70)73-41-26-18-37(19-27-41)58(50-10-3-1-8-45(50)46-9-2-4-11-51(46)58)38-20-28-42(29-21-38)75-56-16-7-17-57(49(56)36-72)76-44-32-24-40(25-33-44)59(60(64,65)66,61(67,68)69)39-22-30-43(31-23-39)74-55-15-6-13-53(63)48(55)35-71/h1-33H. The zero-order valence-electron chi connectivity index (χ0n) is 39.1. The van der Waals surface area contributed by atoms with Gasteiger partial charge in [-0.25, -0.2) is 0 Å². The van der Waals surface area contributed by atoms with Gasteiger partial charge in [-0.15, -0.1) is 0 Å². The summed E-state index contributed by atoms with van der Waals surface area (Å²) in [7, 11) is 0. The first-order chi connectivity index (χ1) is 36.6. The van der Waals surface area contributed by atoms with Gasteiger partial charge < -0.3 is 18.9 Å². The molecule has 0 unspecified atom stereocenters. The minimum absolute atomic E-state index is 0.0395. The number of rotatable bonds is 12. The molecule has 0 N–H and O–H groups in total. The summed E-state index contributed by atoms with van der Waals surface area (Å²) < 4.78 is 115. The van der Waals surface area contributed by atoms with Gasteiger partial charge >= 0.3 is 12.4 Å². The maximum Gasteiger partial charge on any atom is 0.411 e. The molecule has 0 radical (unpaired) electrons. The second-order valence-electron chi connectivity index (χ2n) is 17.3. The molecule has 0 bridgehead atoms. The van der Waals surface area contributed by atoms with Crippen molar-refractivity contribution in [2.45, 2.75) is 23.2 Å². The number of halogens is 8. The van der Waals surface area contributed by atoms with E-state index in [1.807, 2.05) is 66.7 Å². The van der Waals surface area contributed by atoms with Crippen LogP contribution in [0.2, 0.25) is 10.0 Å². The zero-order valence-corrected chi connectivity index (χ0v) is 40.6. The van der Waals surface area contributed by atoms with Gasteiger partial charge in [0.1, 0.15) is 80.9 Å². The number of benzene rings is 9. The molecule has 7 nitrogen and oxygen atoms in total. The number of fused-ring (bicyclic) bond motifs is 3. The molecular formula is C61H33Cl2F6N3O4. The van der Waals surface area contributed by atoms with E-state index in [1.165, 1.54) is 36.4 Å². The normalized spacial score (nSPS) is 12.5. The van der Waals surface area contributed by atoms with Gasteiger partial charge in [-0.1, -0.05) is 138 Å².